The van der Waals surface area contributed by atoms with E-state index in [1.807, 2.05) is 13.8 Å². The minimum absolute atomic E-state index is 0.0340. The molecule has 0 aromatic heterocycles. The fourth-order valence-electron chi connectivity index (χ4n) is 3.40. The molecule has 42 heavy (non-hydrogen) atoms. The van der Waals surface area contributed by atoms with Crippen molar-refractivity contribution in [3.63, 3.8) is 0 Å². The maximum Gasteiger partial charge on any atom is 0.322 e. The van der Waals surface area contributed by atoms with E-state index in [0.717, 1.165) is 0 Å². The molecular weight excluding hydrogens is 548 g/mol. The fourth-order valence-corrected chi connectivity index (χ4v) is 3.40. The van der Waals surface area contributed by atoms with Crippen LogP contribution in [0.5, 0.6) is 0 Å². The van der Waals surface area contributed by atoms with Gasteiger partial charge in [-0.05, 0) is 18.2 Å². The summed E-state index contributed by atoms with van der Waals surface area (Å²) in [5.41, 5.74) is 0.719. The standard InChI is InChI=1S/C29H44N4O9/c1-19(2)24(34)5-6-26(36)31-9-13-42-14-10-32-28(39)21-15-22(29(40)33-18-27(37)38)17-23(16-21)30-8-12-41-11-7-25(35)20(3)4/h15-17,19-20,30H,5-14,18H2,1-4H3,(H,31,36)(H,32,39)(H,33,40)(H,37,38). The van der Waals surface area contributed by atoms with Crippen molar-refractivity contribution in [1.82, 2.24) is 16.0 Å². The summed E-state index contributed by atoms with van der Waals surface area (Å²) >= 11 is 0. The molecule has 0 fully saturated rings. The Bertz CT molecular complexity index is 1070. The number of Topliss-reactive ketones (excluding diaryl/α,β-unsaturated/α-hetero) is 2. The van der Waals surface area contributed by atoms with Gasteiger partial charge < -0.3 is 35.8 Å². The zero-order valence-electron chi connectivity index (χ0n) is 24.9. The van der Waals surface area contributed by atoms with Gasteiger partial charge >= 0.3 is 5.97 Å². The Kier molecular flexibility index (Phi) is 17.3. The molecule has 1 aromatic rings. The van der Waals surface area contributed by atoms with E-state index in [9.17, 15) is 28.8 Å². The molecule has 0 saturated carbocycles. The van der Waals surface area contributed by atoms with Gasteiger partial charge in [0.1, 0.15) is 18.1 Å². The summed E-state index contributed by atoms with van der Waals surface area (Å²) < 4.78 is 10.9. The number of rotatable bonds is 22. The summed E-state index contributed by atoms with van der Waals surface area (Å²) in [7, 11) is 0. The lowest BCUT2D eigenvalue weighted by molar-refractivity contribution is -0.135. The number of anilines is 1. The molecule has 0 aliphatic heterocycles. The Labute approximate surface area is 246 Å². The second kappa shape index (κ2) is 20.1. The van der Waals surface area contributed by atoms with Gasteiger partial charge in [0.25, 0.3) is 11.8 Å². The van der Waals surface area contributed by atoms with Gasteiger partial charge in [0, 0.05) is 67.5 Å². The smallest absolute Gasteiger partial charge is 0.322 e. The second-order valence-corrected chi connectivity index (χ2v) is 10.1. The third kappa shape index (κ3) is 15.8. The van der Waals surface area contributed by atoms with Gasteiger partial charge in [0.05, 0.1) is 26.4 Å². The molecule has 5 N–H and O–H groups in total. The molecule has 0 bridgehead atoms. The van der Waals surface area contributed by atoms with Crippen LogP contribution in [0.25, 0.3) is 0 Å². The number of carboxylic acids is 1. The molecule has 13 nitrogen and oxygen atoms in total. The number of amides is 3. The monoisotopic (exact) mass is 592 g/mol. The van der Waals surface area contributed by atoms with Crippen LogP contribution in [0, 0.1) is 11.8 Å². The predicted molar refractivity (Wildman–Crippen MR) is 155 cm³/mol. The topological polar surface area (TPSA) is 189 Å². The molecule has 0 saturated heterocycles. The number of nitrogens with one attached hydrogen (secondary N) is 4. The SMILES string of the molecule is CC(C)C(=O)CCOCCNc1cc(C(=O)NCCOCCNC(=O)CCC(=O)C(C)C)cc(C(=O)NCC(=O)O)c1. The van der Waals surface area contributed by atoms with Crippen molar-refractivity contribution in [2.75, 3.05) is 57.9 Å². The van der Waals surface area contributed by atoms with E-state index in [1.165, 1.54) is 12.1 Å². The molecule has 13 heteroatoms. The van der Waals surface area contributed by atoms with Crippen molar-refractivity contribution < 1.29 is 43.3 Å². The minimum atomic E-state index is -1.20. The highest BCUT2D eigenvalue weighted by molar-refractivity contribution is 6.01. The quantitative estimate of drug-likeness (QED) is 0.123. The molecule has 3 amide bonds. The number of hydrogen-bond acceptors (Lipinski definition) is 9. The largest absolute Gasteiger partial charge is 0.480 e. The Morgan fingerprint density at radius 1 is 0.667 bits per heavy atom. The van der Waals surface area contributed by atoms with Crippen LogP contribution in [0.3, 0.4) is 0 Å². The number of ether oxygens (including phenoxy) is 2. The molecule has 0 aliphatic rings. The van der Waals surface area contributed by atoms with Gasteiger partial charge in [0.2, 0.25) is 5.91 Å². The lowest BCUT2D eigenvalue weighted by atomic mass is 10.0. The van der Waals surface area contributed by atoms with E-state index in [2.05, 4.69) is 21.3 Å². The van der Waals surface area contributed by atoms with E-state index >= 15 is 0 Å². The Morgan fingerprint density at radius 3 is 1.79 bits per heavy atom. The maximum atomic E-state index is 12.8. The first-order chi connectivity index (χ1) is 19.9. The minimum Gasteiger partial charge on any atom is -0.480 e. The van der Waals surface area contributed by atoms with Crippen LogP contribution in [0.4, 0.5) is 5.69 Å². The number of carboxylic acid groups (broad SMARTS) is 1. The summed E-state index contributed by atoms with van der Waals surface area (Å²) in [6.07, 6.45) is 0.647. The fraction of sp³-hybridized carbons (Fsp3) is 0.586. The van der Waals surface area contributed by atoms with Gasteiger partial charge in [-0.1, -0.05) is 27.7 Å². The number of ketones is 2. The number of carbonyl (C=O) groups is 6. The molecule has 0 aliphatic carbocycles. The highest BCUT2D eigenvalue weighted by atomic mass is 16.5. The zero-order chi connectivity index (χ0) is 31.5. The normalized spacial score (nSPS) is 10.8. The maximum absolute atomic E-state index is 12.8. The van der Waals surface area contributed by atoms with Crippen LogP contribution >= 0.6 is 0 Å². The molecule has 1 rings (SSSR count). The van der Waals surface area contributed by atoms with Gasteiger partial charge in [0.15, 0.2) is 0 Å². The van der Waals surface area contributed by atoms with Crippen molar-refractivity contribution in [2.24, 2.45) is 11.8 Å². The lowest BCUT2D eigenvalue weighted by Gasteiger charge is -2.13. The highest BCUT2D eigenvalue weighted by Gasteiger charge is 2.14. The summed E-state index contributed by atoms with van der Waals surface area (Å²) in [5.74, 6) is -2.57. The third-order valence-corrected chi connectivity index (χ3v) is 5.91. The first-order valence-electron chi connectivity index (χ1n) is 14.1. The van der Waals surface area contributed by atoms with Crippen molar-refractivity contribution in [3.8, 4) is 0 Å². The predicted octanol–water partition coefficient (Wildman–Crippen LogP) is 1.41. The second-order valence-electron chi connectivity index (χ2n) is 10.1. The van der Waals surface area contributed by atoms with Crippen molar-refractivity contribution in [2.45, 2.75) is 47.0 Å². The molecular formula is C29H44N4O9. The van der Waals surface area contributed by atoms with Crippen LogP contribution in [-0.4, -0.2) is 93.0 Å². The van der Waals surface area contributed by atoms with Crippen LogP contribution in [0.1, 0.15) is 67.7 Å². The van der Waals surface area contributed by atoms with Gasteiger partial charge in [-0.3, -0.25) is 28.8 Å². The van der Waals surface area contributed by atoms with E-state index in [4.69, 9.17) is 14.6 Å². The van der Waals surface area contributed by atoms with E-state index in [1.54, 1.807) is 19.9 Å². The van der Waals surface area contributed by atoms with Gasteiger partial charge in [-0.25, -0.2) is 0 Å². The molecule has 0 heterocycles. The number of hydrogen-bond donors (Lipinski definition) is 5. The van der Waals surface area contributed by atoms with Crippen molar-refractivity contribution in [1.29, 1.82) is 0 Å². The Morgan fingerprint density at radius 2 is 1.19 bits per heavy atom. The van der Waals surface area contributed by atoms with Crippen molar-refractivity contribution in [3.05, 3.63) is 29.3 Å². The average molecular weight is 593 g/mol. The van der Waals surface area contributed by atoms with Crippen LogP contribution < -0.4 is 21.3 Å². The van der Waals surface area contributed by atoms with E-state index in [0.29, 0.717) is 18.7 Å². The number of benzene rings is 1. The third-order valence-electron chi connectivity index (χ3n) is 5.91. The summed E-state index contributed by atoms with van der Waals surface area (Å²) in [4.78, 5) is 71.1. The molecule has 0 radical (unpaired) electrons. The van der Waals surface area contributed by atoms with Gasteiger partial charge in [-0.15, -0.1) is 0 Å². The molecule has 0 spiro atoms. The van der Waals surface area contributed by atoms with Crippen molar-refractivity contribution >= 4 is 40.9 Å². The molecule has 1 aromatic carbocycles. The van der Waals surface area contributed by atoms with E-state index in [-0.39, 0.29) is 92.8 Å². The summed E-state index contributed by atoms with van der Waals surface area (Å²) in [6, 6.07) is 4.39. The van der Waals surface area contributed by atoms with E-state index < -0.39 is 24.3 Å². The van der Waals surface area contributed by atoms with Crippen LogP contribution in [0.2, 0.25) is 0 Å². The Hall–Kier alpha value is -3.84. The van der Waals surface area contributed by atoms with Gasteiger partial charge in [-0.2, -0.15) is 0 Å². The van der Waals surface area contributed by atoms with Crippen LogP contribution in [0.15, 0.2) is 18.2 Å². The van der Waals surface area contributed by atoms with Crippen LogP contribution in [-0.2, 0) is 28.7 Å². The number of aliphatic carboxylic acids is 1. The molecule has 234 valence electrons. The molecule has 0 unspecified atom stereocenters. The summed E-state index contributed by atoms with van der Waals surface area (Å²) in [5, 5.41) is 19.6. The lowest BCUT2D eigenvalue weighted by Crippen LogP contribution is -2.31. The number of carbonyl (C=O) groups excluding carboxylic acids is 5. The highest BCUT2D eigenvalue weighted by Crippen LogP contribution is 2.16. The Balaban J connectivity index is 2.56. The first kappa shape index (κ1) is 36.2. The first-order valence-corrected chi connectivity index (χ1v) is 14.1. The average Bonchev–Trinajstić information content (AvgIpc) is 2.95. The summed E-state index contributed by atoms with van der Waals surface area (Å²) in [6.45, 7) is 8.41. The molecule has 0 atom stereocenters. The zero-order valence-corrected chi connectivity index (χ0v) is 24.9.